The quantitative estimate of drug-likeness (QED) is 0.606. The topological polar surface area (TPSA) is 52.7 Å². The molecule has 2 aromatic rings. The highest BCUT2D eigenvalue weighted by Crippen LogP contribution is 2.41. The summed E-state index contributed by atoms with van der Waals surface area (Å²) in [6.07, 6.45) is 3.81. The highest BCUT2D eigenvalue weighted by atomic mass is 19.1. The van der Waals surface area contributed by atoms with Crippen molar-refractivity contribution >= 4 is 17.4 Å². The van der Waals surface area contributed by atoms with Crippen LogP contribution in [0.5, 0.6) is 0 Å². The number of hydrogen-bond donors (Lipinski definition) is 1. The predicted octanol–water partition coefficient (Wildman–Crippen LogP) is 4.03. The van der Waals surface area contributed by atoms with Gasteiger partial charge in [0, 0.05) is 32.2 Å². The first-order chi connectivity index (χ1) is 16.4. The number of rotatable bonds is 9. The Hall–Kier alpha value is -3.06. The van der Waals surface area contributed by atoms with Crippen LogP contribution in [0.2, 0.25) is 0 Å². The van der Waals surface area contributed by atoms with Gasteiger partial charge in [0.2, 0.25) is 11.8 Å². The molecule has 180 valence electrons. The number of nitrogens with zero attached hydrogens (tertiary/aromatic N) is 2. The van der Waals surface area contributed by atoms with Crippen LogP contribution < -0.4 is 5.32 Å². The molecule has 1 heterocycles. The number of halogens is 2. The number of likely N-dealkylation sites (N-methyl/N-ethyl adjacent to an activating group) is 1. The zero-order chi connectivity index (χ0) is 24.2. The summed E-state index contributed by atoms with van der Waals surface area (Å²) in [6, 6.07) is 12.6. The first-order valence-corrected chi connectivity index (χ1v) is 11.8. The van der Waals surface area contributed by atoms with Gasteiger partial charge in [0.25, 0.3) is 0 Å². The second kappa shape index (κ2) is 10.5. The molecule has 1 aliphatic heterocycles. The molecular weight excluding hydrogens is 436 g/mol. The first-order valence-electron chi connectivity index (χ1n) is 11.8. The van der Waals surface area contributed by atoms with Gasteiger partial charge in [-0.15, -0.1) is 0 Å². The average molecular weight is 468 g/mol. The third kappa shape index (κ3) is 5.36. The van der Waals surface area contributed by atoms with Crippen LogP contribution in [0.25, 0.3) is 5.57 Å². The van der Waals surface area contributed by atoms with E-state index >= 15 is 0 Å². The number of nitrogens with one attached hydrogen (secondary N) is 1. The number of benzene rings is 2. The first kappa shape index (κ1) is 24.1. The Morgan fingerprint density at radius 1 is 1.15 bits per heavy atom. The summed E-state index contributed by atoms with van der Waals surface area (Å²) in [5.41, 5.74) is 1.71. The second-order valence-electron chi connectivity index (χ2n) is 9.12. The smallest absolute Gasteiger partial charge is 0.236 e. The highest BCUT2D eigenvalue weighted by Gasteiger charge is 2.41. The summed E-state index contributed by atoms with van der Waals surface area (Å²) >= 11 is 0. The molecule has 0 aromatic heterocycles. The number of carbonyl (C=O) groups is 2. The molecule has 1 saturated carbocycles. The lowest BCUT2D eigenvalue weighted by Crippen LogP contribution is -2.43. The highest BCUT2D eigenvalue weighted by molar-refractivity contribution is 5.85. The monoisotopic (exact) mass is 467 g/mol. The van der Waals surface area contributed by atoms with Crippen molar-refractivity contribution in [1.82, 2.24) is 15.1 Å². The molecule has 1 N–H and O–H groups in total. The van der Waals surface area contributed by atoms with Crippen molar-refractivity contribution < 1.29 is 18.4 Å². The van der Waals surface area contributed by atoms with Crippen molar-refractivity contribution in [3.8, 4) is 0 Å². The average Bonchev–Trinajstić information content (AvgIpc) is 3.59. The molecule has 2 atom stereocenters. The molecule has 0 radical (unpaired) electrons. The lowest BCUT2D eigenvalue weighted by Gasteiger charge is -2.30. The lowest BCUT2D eigenvalue weighted by molar-refractivity contribution is -0.137. The molecule has 4 rings (SSSR count). The van der Waals surface area contributed by atoms with Gasteiger partial charge >= 0.3 is 0 Å². The van der Waals surface area contributed by atoms with E-state index < -0.39 is 11.6 Å². The van der Waals surface area contributed by atoms with Crippen LogP contribution in [0.3, 0.4) is 0 Å². The fraction of sp³-hybridized carbons (Fsp3) is 0.407. The van der Waals surface area contributed by atoms with E-state index in [-0.39, 0.29) is 48.3 Å². The number of hydrogen-bond acceptors (Lipinski definition) is 3. The van der Waals surface area contributed by atoms with Gasteiger partial charge in [-0.05, 0) is 55.0 Å². The standard InChI is InChI=1S/C27H31F2N3O2/c1-3-31(2)26(33)16-30-15-23(18-9-10-18)27(34)32-17-20(22-14-21(28)11-12-24(22)29)13-25(32)19-7-5-4-6-8-19/h4-8,11-14,18,23,25,30H,3,9-10,15-17H2,1-2H3/t23-,25-/m0/s1. The van der Waals surface area contributed by atoms with Gasteiger partial charge in [0.1, 0.15) is 11.6 Å². The van der Waals surface area contributed by atoms with E-state index in [2.05, 4.69) is 5.32 Å². The van der Waals surface area contributed by atoms with Crippen LogP contribution >= 0.6 is 0 Å². The normalized spacial score (nSPS) is 18.5. The maximum absolute atomic E-state index is 14.6. The summed E-state index contributed by atoms with van der Waals surface area (Å²) in [7, 11) is 1.75. The fourth-order valence-electron chi connectivity index (χ4n) is 4.49. The zero-order valence-electron chi connectivity index (χ0n) is 19.6. The van der Waals surface area contributed by atoms with Gasteiger partial charge in [-0.3, -0.25) is 9.59 Å². The fourth-order valence-corrected chi connectivity index (χ4v) is 4.49. The second-order valence-corrected chi connectivity index (χ2v) is 9.12. The SMILES string of the molecule is CCN(C)C(=O)CNC[C@H](C(=O)N1CC(c2cc(F)ccc2F)=C[C@H]1c1ccccc1)C1CC1. The Balaban J connectivity index is 1.56. The molecule has 1 aliphatic carbocycles. The molecule has 2 amide bonds. The molecular formula is C27H31F2N3O2. The molecule has 0 spiro atoms. The van der Waals surface area contributed by atoms with Crippen LogP contribution in [-0.2, 0) is 9.59 Å². The molecule has 2 aromatic carbocycles. The molecule has 0 bridgehead atoms. The lowest BCUT2D eigenvalue weighted by atomic mass is 9.99. The van der Waals surface area contributed by atoms with Crippen molar-refractivity contribution in [3.63, 3.8) is 0 Å². The number of carbonyl (C=O) groups excluding carboxylic acids is 2. The predicted molar refractivity (Wildman–Crippen MR) is 128 cm³/mol. The molecule has 34 heavy (non-hydrogen) atoms. The molecule has 0 saturated heterocycles. The van der Waals surface area contributed by atoms with Crippen LogP contribution in [0.1, 0.15) is 36.9 Å². The maximum Gasteiger partial charge on any atom is 0.236 e. The minimum Gasteiger partial charge on any atom is -0.345 e. The maximum atomic E-state index is 14.6. The van der Waals surface area contributed by atoms with E-state index in [4.69, 9.17) is 0 Å². The summed E-state index contributed by atoms with van der Waals surface area (Å²) in [6.45, 7) is 3.34. The van der Waals surface area contributed by atoms with E-state index in [0.717, 1.165) is 30.5 Å². The van der Waals surface area contributed by atoms with Crippen molar-refractivity contribution in [2.75, 3.05) is 33.2 Å². The zero-order valence-corrected chi connectivity index (χ0v) is 19.6. The Labute approximate surface area is 199 Å². The largest absolute Gasteiger partial charge is 0.345 e. The van der Waals surface area contributed by atoms with Gasteiger partial charge in [-0.1, -0.05) is 36.4 Å². The Morgan fingerprint density at radius 3 is 2.56 bits per heavy atom. The molecule has 2 aliphatic rings. The summed E-state index contributed by atoms with van der Waals surface area (Å²) in [5, 5.41) is 3.17. The van der Waals surface area contributed by atoms with E-state index in [1.54, 1.807) is 16.8 Å². The van der Waals surface area contributed by atoms with Gasteiger partial charge in [0.15, 0.2) is 0 Å². The third-order valence-electron chi connectivity index (χ3n) is 6.78. The van der Waals surface area contributed by atoms with Gasteiger partial charge in [0.05, 0.1) is 18.5 Å². The van der Waals surface area contributed by atoms with Crippen LogP contribution in [0.15, 0.2) is 54.6 Å². The summed E-state index contributed by atoms with van der Waals surface area (Å²) in [5.74, 6) is -1.06. The van der Waals surface area contributed by atoms with Crippen LogP contribution in [-0.4, -0.2) is 54.8 Å². The molecule has 0 unspecified atom stereocenters. The third-order valence-corrected chi connectivity index (χ3v) is 6.78. The van der Waals surface area contributed by atoms with Crippen molar-refractivity contribution in [3.05, 3.63) is 77.4 Å². The Morgan fingerprint density at radius 2 is 1.88 bits per heavy atom. The molecule has 1 fully saturated rings. The van der Waals surface area contributed by atoms with Gasteiger partial charge in [-0.25, -0.2) is 8.78 Å². The van der Waals surface area contributed by atoms with Crippen molar-refractivity contribution in [1.29, 1.82) is 0 Å². The van der Waals surface area contributed by atoms with E-state index in [0.29, 0.717) is 18.7 Å². The number of amides is 2. The summed E-state index contributed by atoms with van der Waals surface area (Å²) < 4.78 is 28.4. The minimum atomic E-state index is -0.514. The molecule has 7 heteroatoms. The van der Waals surface area contributed by atoms with Crippen molar-refractivity contribution in [2.24, 2.45) is 11.8 Å². The summed E-state index contributed by atoms with van der Waals surface area (Å²) in [4.78, 5) is 29.4. The van der Waals surface area contributed by atoms with Gasteiger partial charge in [-0.2, -0.15) is 0 Å². The van der Waals surface area contributed by atoms with Gasteiger partial charge < -0.3 is 15.1 Å². The van der Waals surface area contributed by atoms with Crippen molar-refractivity contribution in [2.45, 2.75) is 25.8 Å². The van der Waals surface area contributed by atoms with E-state index in [9.17, 15) is 18.4 Å². The van der Waals surface area contributed by atoms with E-state index in [1.165, 1.54) is 6.07 Å². The van der Waals surface area contributed by atoms with E-state index in [1.807, 2.05) is 43.3 Å². The Kier molecular flexibility index (Phi) is 7.41. The van der Waals surface area contributed by atoms with Crippen LogP contribution in [0.4, 0.5) is 8.78 Å². The Bertz CT molecular complexity index is 1070. The van der Waals surface area contributed by atoms with Crippen LogP contribution in [0, 0.1) is 23.5 Å². The molecule has 5 nitrogen and oxygen atoms in total. The minimum absolute atomic E-state index is 0.0154.